The number of nitrogens with one attached hydrogen (secondary N) is 1. The smallest absolute Gasteiger partial charge is 0.271 e. The molecule has 10 heteroatoms. The van der Waals surface area contributed by atoms with Crippen LogP contribution in [0.25, 0.3) is 0 Å². The normalized spacial score (nSPS) is 11.1. The Bertz CT molecular complexity index is 1280. The first kappa shape index (κ1) is 23.2. The Morgan fingerprint density at radius 2 is 1.75 bits per heavy atom. The molecule has 3 aromatic carbocycles. The van der Waals surface area contributed by atoms with Gasteiger partial charge < -0.3 is 5.32 Å². The summed E-state index contributed by atoms with van der Waals surface area (Å²) in [6.45, 7) is 2.96. The van der Waals surface area contributed by atoms with Crippen LogP contribution in [0.4, 0.5) is 17.1 Å². The number of sulfonamides is 1. The highest BCUT2D eigenvalue weighted by molar-refractivity contribution is 7.92. The number of amides is 1. The van der Waals surface area contributed by atoms with Crippen LogP contribution in [0.1, 0.15) is 11.1 Å². The molecule has 0 saturated heterocycles. The van der Waals surface area contributed by atoms with Crippen molar-refractivity contribution in [1.82, 2.24) is 0 Å². The second kappa shape index (κ2) is 9.37. The number of carbonyl (C=O) groups excluding carboxylic acids is 1. The SMILES string of the molecule is Cc1cccc(N(CC(=O)Nc2cc([N+](=O)[O-])ccc2C)S(=O)(=O)c2ccc(Cl)cc2)c1. The molecule has 0 aliphatic heterocycles. The highest BCUT2D eigenvalue weighted by atomic mass is 35.5. The van der Waals surface area contributed by atoms with Crippen LogP contribution >= 0.6 is 11.6 Å². The fraction of sp³-hybridized carbons (Fsp3) is 0.136. The number of halogens is 1. The van der Waals surface area contributed by atoms with Gasteiger partial charge in [-0.25, -0.2) is 8.42 Å². The van der Waals surface area contributed by atoms with Crippen molar-refractivity contribution < 1.29 is 18.1 Å². The van der Waals surface area contributed by atoms with E-state index < -0.39 is 27.4 Å². The van der Waals surface area contributed by atoms with E-state index in [1.54, 1.807) is 25.1 Å². The fourth-order valence-corrected chi connectivity index (χ4v) is 4.55. The van der Waals surface area contributed by atoms with E-state index in [1.807, 2.05) is 13.0 Å². The second-order valence-corrected chi connectivity index (χ2v) is 9.41. The monoisotopic (exact) mass is 473 g/mol. The second-order valence-electron chi connectivity index (χ2n) is 7.11. The topological polar surface area (TPSA) is 110 Å². The van der Waals surface area contributed by atoms with Gasteiger partial charge in [0.1, 0.15) is 6.54 Å². The van der Waals surface area contributed by atoms with Crippen molar-refractivity contribution >= 4 is 44.6 Å². The Labute approximate surface area is 190 Å². The summed E-state index contributed by atoms with van der Waals surface area (Å²) in [4.78, 5) is 23.3. The summed E-state index contributed by atoms with van der Waals surface area (Å²) in [6, 6.07) is 16.5. The van der Waals surface area contributed by atoms with Crippen molar-refractivity contribution in [3.05, 3.63) is 93.0 Å². The highest BCUT2D eigenvalue weighted by Crippen LogP contribution is 2.26. The van der Waals surface area contributed by atoms with Crippen LogP contribution in [-0.4, -0.2) is 25.8 Å². The zero-order valence-corrected chi connectivity index (χ0v) is 18.9. The van der Waals surface area contributed by atoms with E-state index in [0.717, 1.165) is 9.87 Å². The Morgan fingerprint density at radius 1 is 1.06 bits per heavy atom. The van der Waals surface area contributed by atoms with Crippen LogP contribution in [0.3, 0.4) is 0 Å². The molecule has 0 radical (unpaired) electrons. The van der Waals surface area contributed by atoms with Gasteiger partial charge in [-0.1, -0.05) is 29.8 Å². The lowest BCUT2D eigenvalue weighted by Crippen LogP contribution is -2.38. The standard InChI is InChI=1S/C22H20ClN3O5S/c1-15-4-3-5-18(12-15)25(32(30,31)20-10-7-17(23)8-11-20)14-22(27)24-21-13-19(26(28)29)9-6-16(21)2/h3-13H,14H2,1-2H3,(H,24,27). The average Bonchev–Trinajstić information content (AvgIpc) is 2.73. The zero-order chi connectivity index (χ0) is 23.5. The van der Waals surface area contributed by atoms with E-state index in [9.17, 15) is 23.3 Å². The molecule has 0 heterocycles. The lowest BCUT2D eigenvalue weighted by atomic mass is 10.2. The summed E-state index contributed by atoms with van der Waals surface area (Å²) >= 11 is 5.88. The Morgan fingerprint density at radius 3 is 2.38 bits per heavy atom. The number of hydrogen-bond acceptors (Lipinski definition) is 5. The molecule has 1 N–H and O–H groups in total. The molecule has 8 nitrogen and oxygen atoms in total. The number of rotatable bonds is 7. The van der Waals surface area contributed by atoms with Crippen LogP contribution < -0.4 is 9.62 Å². The number of non-ortho nitro benzene ring substituents is 1. The number of carbonyl (C=O) groups is 1. The number of aryl methyl sites for hydroxylation is 2. The molecular formula is C22H20ClN3O5S. The number of nitro benzene ring substituents is 1. The summed E-state index contributed by atoms with van der Waals surface area (Å²) in [6.07, 6.45) is 0. The molecule has 32 heavy (non-hydrogen) atoms. The molecule has 0 bridgehead atoms. The van der Waals surface area contributed by atoms with Crippen LogP contribution in [0.15, 0.2) is 71.6 Å². The molecule has 0 aliphatic carbocycles. The van der Waals surface area contributed by atoms with E-state index in [-0.39, 0.29) is 16.3 Å². The van der Waals surface area contributed by atoms with Crippen LogP contribution in [0.5, 0.6) is 0 Å². The predicted octanol–water partition coefficient (Wildman–Crippen LogP) is 4.70. The van der Waals surface area contributed by atoms with Crippen molar-refractivity contribution in [2.75, 3.05) is 16.2 Å². The predicted molar refractivity (Wildman–Crippen MR) is 124 cm³/mol. The maximum Gasteiger partial charge on any atom is 0.271 e. The van der Waals surface area contributed by atoms with Crippen molar-refractivity contribution in [2.24, 2.45) is 0 Å². The van der Waals surface area contributed by atoms with Crippen molar-refractivity contribution in [3.63, 3.8) is 0 Å². The summed E-state index contributed by atoms with van der Waals surface area (Å²) < 4.78 is 27.7. The molecule has 0 fully saturated rings. The van der Waals surface area contributed by atoms with E-state index in [2.05, 4.69) is 5.32 Å². The Balaban J connectivity index is 1.96. The van der Waals surface area contributed by atoms with Gasteiger partial charge in [0.2, 0.25) is 5.91 Å². The summed E-state index contributed by atoms with van der Waals surface area (Å²) in [5, 5.41) is 14.0. The van der Waals surface area contributed by atoms with Gasteiger partial charge in [-0.05, 0) is 61.4 Å². The number of nitrogens with zero attached hydrogens (tertiary/aromatic N) is 2. The quantitative estimate of drug-likeness (QED) is 0.395. The number of benzene rings is 3. The average molecular weight is 474 g/mol. The first-order valence-electron chi connectivity index (χ1n) is 9.48. The van der Waals surface area contributed by atoms with E-state index in [4.69, 9.17) is 11.6 Å². The first-order chi connectivity index (χ1) is 15.1. The van der Waals surface area contributed by atoms with Gasteiger partial charge in [-0.3, -0.25) is 19.2 Å². The number of hydrogen-bond donors (Lipinski definition) is 1. The van der Waals surface area contributed by atoms with E-state index in [1.165, 1.54) is 42.5 Å². The van der Waals surface area contributed by atoms with Crippen molar-refractivity contribution in [2.45, 2.75) is 18.7 Å². The zero-order valence-electron chi connectivity index (χ0n) is 17.3. The molecule has 0 spiro atoms. The lowest BCUT2D eigenvalue weighted by molar-refractivity contribution is -0.384. The number of anilines is 2. The third-order valence-corrected chi connectivity index (χ3v) is 6.72. The molecule has 3 aromatic rings. The maximum absolute atomic E-state index is 13.4. The molecule has 0 unspecified atom stereocenters. The molecule has 3 rings (SSSR count). The van der Waals surface area contributed by atoms with Gasteiger partial charge in [0, 0.05) is 17.2 Å². The first-order valence-corrected chi connectivity index (χ1v) is 11.3. The minimum Gasteiger partial charge on any atom is -0.324 e. The Hall–Kier alpha value is -3.43. The van der Waals surface area contributed by atoms with Crippen LogP contribution in [0.2, 0.25) is 5.02 Å². The number of nitro groups is 1. The van der Waals surface area contributed by atoms with Gasteiger partial charge in [-0.2, -0.15) is 0 Å². The molecule has 1 amide bonds. The molecule has 0 aliphatic rings. The van der Waals surface area contributed by atoms with Crippen LogP contribution in [-0.2, 0) is 14.8 Å². The maximum atomic E-state index is 13.4. The van der Waals surface area contributed by atoms with Crippen molar-refractivity contribution in [1.29, 1.82) is 0 Å². The van der Waals surface area contributed by atoms with Gasteiger partial charge in [0.25, 0.3) is 15.7 Å². The fourth-order valence-electron chi connectivity index (χ4n) is 3.01. The molecular weight excluding hydrogens is 454 g/mol. The van der Waals surface area contributed by atoms with E-state index >= 15 is 0 Å². The third-order valence-electron chi connectivity index (χ3n) is 4.68. The third kappa shape index (κ3) is 5.24. The lowest BCUT2D eigenvalue weighted by Gasteiger charge is -2.24. The molecule has 0 atom stereocenters. The van der Waals surface area contributed by atoms with Gasteiger partial charge in [-0.15, -0.1) is 0 Å². The van der Waals surface area contributed by atoms with Gasteiger partial charge >= 0.3 is 0 Å². The minimum atomic E-state index is -4.10. The summed E-state index contributed by atoms with van der Waals surface area (Å²) in [5.41, 5.74) is 1.78. The summed E-state index contributed by atoms with van der Waals surface area (Å²) in [7, 11) is -4.10. The summed E-state index contributed by atoms with van der Waals surface area (Å²) in [5.74, 6) is -0.646. The minimum absolute atomic E-state index is 0.0252. The molecule has 0 aromatic heterocycles. The Kier molecular flexibility index (Phi) is 6.81. The van der Waals surface area contributed by atoms with Crippen molar-refractivity contribution in [3.8, 4) is 0 Å². The van der Waals surface area contributed by atoms with E-state index in [0.29, 0.717) is 16.3 Å². The molecule has 0 saturated carbocycles. The van der Waals surface area contributed by atoms with Gasteiger partial charge in [0.05, 0.1) is 21.2 Å². The van der Waals surface area contributed by atoms with Gasteiger partial charge in [0.15, 0.2) is 0 Å². The molecule has 166 valence electrons. The largest absolute Gasteiger partial charge is 0.324 e. The van der Waals surface area contributed by atoms with Crippen LogP contribution in [0, 0.1) is 24.0 Å². The highest BCUT2D eigenvalue weighted by Gasteiger charge is 2.27.